The summed E-state index contributed by atoms with van der Waals surface area (Å²) in [5.41, 5.74) is 0.313. The molecule has 4 heteroatoms. The standard InChI is InChI=1S/C12H17NO3/c1-3-5-13(4-2)12(16)9-6-10(14)8-11(15)7-9/h6-8,14-15H,3-5H2,1-2H3. The number of hydrogen-bond acceptors (Lipinski definition) is 3. The SMILES string of the molecule is CCCN(CC)C(=O)c1cc(O)cc(O)c1. The van der Waals surface area contributed by atoms with E-state index in [0.29, 0.717) is 18.7 Å². The Kier molecular flexibility index (Phi) is 4.17. The molecule has 1 rings (SSSR count). The van der Waals surface area contributed by atoms with E-state index in [1.165, 1.54) is 18.2 Å². The number of amides is 1. The Morgan fingerprint density at radius 1 is 1.19 bits per heavy atom. The van der Waals surface area contributed by atoms with Gasteiger partial charge >= 0.3 is 0 Å². The number of hydrogen-bond donors (Lipinski definition) is 2. The lowest BCUT2D eigenvalue weighted by molar-refractivity contribution is 0.0763. The van der Waals surface area contributed by atoms with Crippen molar-refractivity contribution in [3.05, 3.63) is 23.8 Å². The molecule has 0 saturated carbocycles. The molecule has 0 aliphatic carbocycles. The highest BCUT2D eigenvalue weighted by Gasteiger charge is 2.14. The molecule has 2 N–H and O–H groups in total. The predicted octanol–water partition coefficient (Wildman–Crippen LogP) is 1.97. The highest BCUT2D eigenvalue weighted by molar-refractivity contribution is 5.95. The number of nitrogens with zero attached hydrogens (tertiary/aromatic N) is 1. The molecule has 1 amide bonds. The number of phenolic OH excluding ortho intramolecular Hbond substituents is 2. The van der Waals surface area contributed by atoms with Gasteiger partial charge in [-0.05, 0) is 25.5 Å². The molecule has 0 heterocycles. The first-order valence-corrected chi connectivity index (χ1v) is 5.40. The van der Waals surface area contributed by atoms with Crippen molar-refractivity contribution in [2.24, 2.45) is 0 Å². The number of aromatic hydroxyl groups is 2. The normalized spacial score (nSPS) is 10.1. The second kappa shape index (κ2) is 5.39. The zero-order chi connectivity index (χ0) is 12.1. The fourth-order valence-corrected chi connectivity index (χ4v) is 1.57. The summed E-state index contributed by atoms with van der Waals surface area (Å²) in [4.78, 5) is 13.6. The molecular formula is C12H17NO3. The Hall–Kier alpha value is -1.71. The Morgan fingerprint density at radius 2 is 1.75 bits per heavy atom. The fraction of sp³-hybridized carbons (Fsp3) is 0.417. The monoisotopic (exact) mass is 223 g/mol. The van der Waals surface area contributed by atoms with Crippen molar-refractivity contribution >= 4 is 5.91 Å². The third kappa shape index (κ3) is 2.89. The number of benzene rings is 1. The quantitative estimate of drug-likeness (QED) is 0.820. The molecule has 16 heavy (non-hydrogen) atoms. The van der Waals surface area contributed by atoms with Crippen molar-refractivity contribution in [2.75, 3.05) is 13.1 Å². The lowest BCUT2D eigenvalue weighted by Gasteiger charge is -2.20. The molecule has 0 aliphatic heterocycles. The summed E-state index contributed by atoms with van der Waals surface area (Å²) in [5.74, 6) is -0.373. The summed E-state index contributed by atoms with van der Waals surface area (Å²) in [5, 5.41) is 18.6. The molecule has 0 spiro atoms. The molecule has 4 nitrogen and oxygen atoms in total. The number of carbonyl (C=O) groups excluding carboxylic acids is 1. The first-order valence-electron chi connectivity index (χ1n) is 5.40. The van der Waals surface area contributed by atoms with Gasteiger partial charge in [-0.15, -0.1) is 0 Å². The van der Waals surface area contributed by atoms with Gasteiger partial charge in [-0.1, -0.05) is 6.92 Å². The molecule has 0 saturated heterocycles. The van der Waals surface area contributed by atoms with Crippen molar-refractivity contribution in [3.8, 4) is 11.5 Å². The summed E-state index contributed by atoms with van der Waals surface area (Å²) < 4.78 is 0. The predicted molar refractivity (Wildman–Crippen MR) is 61.6 cm³/mol. The van der Waals surface area contributed by atoms with E-state index in [1.54, 1.807) is 4.90 Å². The highest BCUT2D eigenvalue weighted by atomic mass is 16.3. The fourth-order valence-electron chi connectivity index (χ4n) is 1.57. The van der Waals surface area contributed by atoms with Crippen LogP contribution in [0.15, 0.2) is 18.2 Å². The lowest BCUT2D eigenvalue weighted by atomic mass is 10.1. The molecule has 0 aliphatic rings. The van der Waals surface area contributed by atoms with Crippen LogP contribution in [-0.2, 0) is 0 Å². The Bertz CT molecular complexity index is 356. The average molecular weight is 223 g/mol. The first kappa shape index (κ1) is 12.4. The zero-order valence-corrected chi connectivity index (χ0v) is 9.60. The van der Waals surface area contributed by atoms with Crippen LogP contribution in [0.1, 0.15) is 30.6 Å². The minimum atomic E-state index is -0.171. The van der Waals surface area contributed by atoms with Gasteiger partial charge in [-0.3, -0.25) is 4.79 Å². The van der Waals surface area contributed by atoms with E-state index in [-0.39, 0.29) is 17.4 Å². The highest BCUT2D eigenvalue weighted by Crippen LogP contribution is 2.21. The Balaban J connectivity index is 2.94. The van der Waals surface area contributed by atoms with Gasteiger partial charge in [-0.25, -0.2) is 0 Å². The Morgan fingerprint density at radius 3 is 2.19 bits per heavy atom. The van der Waals surface area contributed by atoms with Gasteiger partial charge in [0.2, 0.25) is 0 Å². The summed E-state index contributed by atoms with van der Waals surface area (Å²) >= 11 is 0. The maximum Gasteiger partial charge on any atom is 0.254 e. The van der Waals surface area contributed by atoms with Crippen LogP contribution in [0, 0.1) is 0 Å². The van der Waals surface area contributed by atoms with Crippen molar-refractivity contribution in [3.63, 3.8) is 0 Å². The van der Waals surface area contributed by atoms with Crippen molar-refractivity contribution in [2.45, 2.75) is 20.3 Å². The lowest BCUT2D eigenvalue weighted by Crippen LogP contribution is -2.31. The average Bonchev–Trinajstić information content (AvgIpc) is 2.23. The topological polar surface area (TPSA) is 60.8 Å². The van der Waals surface area contributed by atoms with E-state index in [1.807, 2.05) is 13.8 Å². The molecule has 0 unspecified atom stereocenters. The van der Waals surface area contributed by atoms with Gasteiger partial charge in [0.1, 0.15) is 11.5 Å². The molecule has 88 valence electrons. The molecule has 0 fully saturated rings. The third-order valence-corrected chi connectivity index (χ3v) is 2.31. The summed E-state index contributed by atoms with van der Waals surface area (Å²) in [6, 6.07) is 3.92. The second-order valence-corrected chi connectivity index (χ2v) is 3.62. The molecule has 0 radical (unpaired) electrons. The van der Waals surface area contributed by atoms with Crippen LogP contribution in [0.3, 0.4) is 0 Å². The Labute approximate surface area is 95.1 Å². The number of phenols is 2. The summed E-state index contributed by atoms with van der Waals surface area (Å²) in [7, 11) is 0. The smallest absolute Gasteiger partial charge is 0.254 e. The van der Waals surface area contributed by atoms with Gasteiger partial charge in [0.05, 0.1) is 0 Å². The van der Waals surface area contributed by atoms with Crippen molar-refractivity contribution < 1.29 is 15.0 Å². The van der Waals surface area contributed by atoms with Crippen LogP contribution < -0.4 is 0 Å². The summed E-state index contributed by atoms with van der Waals surface area (Å²) in [6.07, 6.45) is 0.879. The van der Waals surface area contributed by atoms with Crippen molar-refractivity contribution in [1.29, 1.82) is 0 Å². The van der Waals surface area contributed by atoms with E-state index in [0.717, 1.165) is 6.42 Å². The molecular weight excluding hydrogens is 206 g/mol. The molecule has 0 atom stereocenters. The zero-order valence-electron chi connectivity index (χ0n) is 9.60. The van der Waals surface area contributed by atoms with Crippen LogP contribution in [0.4, 0.5) is 0 Å². The minimum absolute atomic E-state index is 0.101. The molecule has 0 aromatic heterocycles. The van der Waals surface area contributed by atoms with Gasteiger partial charge in [0.15, 0.2) is 0 Å². The number of carbonyl (C=O) groups is 1. The maximum atomic E-state index is 12.0. The molecule has 1 aromatic rings. The van der Waals surface area contributed by atoms with Crippen LogP contribution in [0.5, 0.6) is 11.5 Å². The maximum absolute atomic E-state index is 12.0. The third-order valence-electron chi connectivity index (χ3n) is 2.31. The van der Waals surface area contributed by atoms with Gasteiger partial charge < -0.3 is 15.1 Å². The van der Waals surface area contributed by atoms with E-state index < -0.39 is 0 Å². The van der Waals surface area contributed by atoms with E-state index in [2.05, 4.69) is 0 Å². The summed E-state index contributed by atoms with van der Waals surface area (Å²) in [6.45, 7) is 5.18. The van der Waals surface area contributed by atoms with Gasteiger partial charge in [0.25, 0.3) is 5.91 Å². The van der Waals surface area contributed by atoms with Crippen molar-refractivity contribution in [1.82, 2.24) is 4.90 Å². The van der Waals surface area contributed by atoms with E-state index in [4.69, 9.17) is 0 Å². The van der Waals surface area contributed by atoms with Gasteiger partial charge in [0, 0.05) is 24.7 Å². The van der Waals surface area contributed by atoms with E-state index >= 15 is 0 Å². The second-order valence-electron chi connectivity index (χ2n) is 3.62. The van der Waals surface area contributed by atoms with Crippen LogP contribution >= 0.6 is 0 Å². The van der Waals surface area contributed by atoms with Crippen LogP contribution in [-0.4, -0.2) is 34.1 Å². The van der Waals surface area contributed by atoms with Gasteiger partial charge in [-0.2, -0.15) is 0 Å². The molecule has 0 bridgehead atoms. The minimum Gasteiger partial charge on any atom is -0.508 e. The van der Waals surface area contributed by atoms with E-state index in [9.17, 15) is 15.0 Å². The van der Waals surface area contributed by atoms with Crippen LogP contribution in [0.2, 0.25) is 0 Å². The largest absolute Gasteiger partial charge is 0.508 e. The molecule has 1 aromatic carbocycles. The number of rotatable bonds is 4. The first-order chi connectivity index (χ1) is 7.58. The van der Waals surface area contributed by atoms with Crippen LogP contribution in [0.25, 0.3) is 0 Å².